The lowest BCUT2D eigenvalue weighted by Crippen LogP contribution is -2.28. The Balaban J connectivity index is 0.952. The van der Waals surface area contributed by atoms with Crippen LogP contribution in [0.15, 0.2) is 273 Å². The van der Waals surface area contributed by atoms with Gasteiger partial charge in [0, 0.05) is 49.9 Å². The highest BCUT2D eigenvalue weighted by atomic mass is 15.1. The van der Waals surface area contributed by atoms with Gasteiger partial charge in [-0.2, -0.15) is 0 Å². The molecule has 0 amide bonds. The quantitative estimate of drug-likeness (QED) is 0.148. The maximum absolute atomic E-state index is 2.47. The van der Waals surface area contributed by atoms with Crippen LogP contribution in [-0.2, 0) is 5.41 Å². The SMILES string of the molecule is c1ccc(C2(c3ccccc3)c3ccccc3-c3c(N(c4ccc(-c5cccc(-n6c7ccccc7c7ccccc76)c5)cc4)c4ccc(-n5c6ccccc6c6ccccc65)cc4)cccc32)cc1. The molecule has 0 unspecified atom stereocenters. The molecule has 0 saturated carbocycles. The van der Waals surface area contributed by atoms with Crippen molar-refractivity contribution < 1.29 is 0 Å². The van der Waals surface area contributed by atoms with Gasteiger partial charge in [0.15, 0.2) is 0 Å². The second kappa shape index (κ2) is 16.0. The summed E-state index contributed by atoms with van der Waals surface area (Å²) < 4.78 is 4.79. The van der Waals surface area contributed by atoms with Gasteiger partial charge in [-0.25, -0.2) is 0 Å². The Kier molecular flexibility index (Phi) is 9.11. The van der Waals surface area contributed by atoms with Gasteiger partial charge in [-0.05, 0) is 118 Å². The predicted molar refractivity (Wildman–Crippen MR) is 293 cm³/mol. The van der Waals surface area contributed by atoms with E-state index in [2.05, 4.69) is 287 Å². The third kappa shape index (κ3) is 5.95. The summed E-state index contributed by atoms with van der Waals surface area (Å²) in [5.74, 6) is 0. The molecule has 328 valence electrons. The third-order valence-electron chi connectivity index (χ3n) is 14.8. The van der Waals surface area contributed by atoms with Crippen molar-refractivity contribution in [2.75, 3.05) is 4.90 Å². The average molecular weight is 892 g/mol. The Bertz CT molecular complexity index is 3960. The van der Waals surface area contributed by atoms with E-state index >= 15 is 0 Å². The van der Waals surface area contributed by atoms with Gasteiger partial charge in [0.2, 0.25) is 0 Å². The molecular formula is C67H45N3. The fourth-order valence-corrected chi connectivity index (χ4v) is 11.9. The number of rotatable bonds is 8. The fourth-order valence-electron chi connectivity index (χ4n) is 11.9. The van der Waals surface area contributed by atoms with E-state index in [1.165, 1.54) is 77.0 Å². The molecule has 13 aromatic rings. The number of nitrogens with zero attached hydrogens (tertiary/aromatic N) is 3. The topological polar surface area (TPSA) is 13.1 Å². The van der Waals surface area contributed by atoms with Crippen molar-refractivity contribution in [1.82, 2.24) is 9.13 Å². The number of hydrogen-bond donors (Lipinski definition) is 0. The summed E-state index contributed by atoms with van der Waals surface area (Å²) in [6, 6.07) is 100. The zero-order valence-electron chi connectivity index (χ0n) is 38.3. The molecule has 14 rings (SSSR count). The minimum Gasteiger partial charge on any atom is -0.310 e. The second-order valence-corrected chi connectivity index (χ2v) is 18.4. The number of anilines is 3. The van der Waals surface area contributed by atoms with Crippen LogP contribution in [0.2, 0.25) is 0 Å². The summed E-state index contributed by atoms with van der Waals surface area (Å²) in [7, 11) is 0. The number of hydrogen-bond acceptors (Lipinski definition) is 1. The molecule has 2 heterocycles. The fraction of sp³-hybridized carbons (Fsp3) is 0.0149. The highest BCUT2D eigenvalue weighted by Gasteiger charge is 2.47. The van der Waals surface area contributed by atoms with E-state index in [4.69, 9.17) is 0 Å². The van der Waals surface area contributed by atoms with Crippen LogP contribution in [0.5, 0.6) is 0 Å². The van der Waals surface area contributed by atoms with Crippen LogP contribution in [-0.4, -0.2) is 9.13 Å². The molecule has 1 aliphatic rings. The van der Waals surface area contributed by atoms with E-state index in [0.29, 0.717) is 0 Å². The van der Waals surface area contributed by atoms with Gasteiger partial charge in [-0.3, -0.25) is 0 Å². The molecule has 0 N–H and O–H groups in total. The Morgan fingerprint density at radius 3 is 1.30 bits per heavy atom. The molecule has 0 aliphatic heterocycles. The van der Waals surface area contributed by atoms with Crippen molar-refractivity contribution in [3.05, 3.63) is 295 Å². The van der Waals surface area contributed by atoms with Gasteiger partial charge in [0.05, 0.1) is 33.2 Å². The van der Waals surface area contributed by atoms with Gasteiger partial charge >= 0.3 is 0 Å². The molecule has 0 spiro atoms. The summed E-state index contributed by atoms with van der Waals surface area (Å²) in [6.07, 6.45) is 0. The number of fused-ring (bicyclic) bond motifs is 9. The van der Waals surface area contributed by atoms with E-state index in [0.717, 1.165) is 39.6 Å². The minimum atomic E-state index is -0.526. The Morgan fingerprint density at radius 2 is 0.743 bits per heavy atom. The van der Waals surface area contributed by atoms with E-state index < -0.39 is 5.41 Å². The lowest BCUT2D eigenvalue weighted by molar-refractivity contribution is 0.768. The summed E-state index contributed by atoms with van der Waals surface area (Å²) in [4.78, 5) is 2.47. The van der Waals surface area contributed by atoms with Crippen molar-refractivity contribution >= 4 is 60.7 Å². The molecule has 2 aromatic heterocycles. The van der Waals surface area contributed by atoms with Crippen LogP contribution in [0.1, 0.15) is 22.3 Å². The van der Waals surface area contributed by atoms with E-state index in [9.17, 15) is 0 Å². The van der Waals surface area contributed by atoms with Gasteiger partial charge in [-0.1, -0.05) is 194 Å². The average Bonchev–Trinajstić information content (AvgIpc) is 4.07. The summed E-state index contributed by atoms with van der Waals surface area (Å²) in [5.41, 5.74) is 19.7. The van der Waals surface area contributed by atoms with Gasteiger partial charge in [0.25, 0.3) is 0 Å². The number of para-hydroxylation sites is 4. The van der Waals surface area contributed by atoms with Crippen molar-refractivity contribution in [3.8, 4) is 33.6 Å². The molecule has 0 atom stereocenters. The normalized spacial score (nSPS) is 12.7. The van der Waals surface area contributed by atoms with Crippen molar-refractivity contribution in [3.63, 3.8) is 0 Å². The van der Waals surface area contributed by atoms with Gasteiger partial charge < -0.3 is 14.0 Å². The summed E-state index contributed by atoms with van der Waals surface area (Å²) in [6.45, 7) is 0. The van der Waals surface area contributed by atoms with Crippen molar-refractivity contribution in [2.45, 2.75) is 5.41 Å². The molecule has 0 saturated heterocycles. The maximum Gasteiger partial charge on any atom is 0.0714 e. The molecule has 0 fully saturated rings. The lowest BCUT2D eigenvalue weighted by Gasteiger charge is -2.34. The molecule has 3 nitrogen and oxygen atoms in total. The van der Waals surface area contributed by atoms with Crippen molar-refractivity contribution in [2.24, 2.45) is 0 Å². The zero-order chi connectivity index (χ0) is 46.2. The maximum atomic E-state index is 2.47. The Labute approximate surface area is 407 Å². The monoisotopic (exact) mass is 891 g/mol. The minimum absolute atomic E-state index is 0.526. The Morgan fingerprint density at radius 1 is 0.300 bits per heavy atom. The standard InChI is InChI=1S/C67H45N3/c1-3-20-48(21-4-1)67(49-22-5-2-6-23-49)59-30-12-7-29-58(59)66-60(67)31-18-36-65(66)68(51-41-43-52(44-42-51)69-61-32-13-8-25-54(61)55-26-9-14-33-62(55)69)50-39-37-46(38-40-50)47-19-17-24-53(45-47)70-63-34-15-10-27-56(63)57-28-11-16-35-64(57)70/h1-45H. The van der Waals surface area contributed by atoms with Crippen LogP contribution in [0.25, 0.3) is 77.2 Å². The first kappa shape index (κ1) is 39.9. The van der Waals surface area contributed by atoms with Gasteiger partial charge in [0.1, 0.15) is 0 Å². The first-order valence-corrected chi connectivity index (χ1v) is 24.2. The molecule has 0 bridgehead atoms. The largest absolute Gasteiger partial charge is 0.310 e. The highest BCUT2D eigenvalue weighted by molar-refractivity contribution is 6.10. The van der Waals surface area contributed by atoms with Crippen molar-refractivity contribution in [1.29, 1.82) is 0 Å². The summed E-state index contributed by atoms with van der Waals surface area (Å²) in [5, 5.41) is 5.03. The summed E-state index contributed by atoms with van der Waals surface area (Å²) >= 11 is 0. The molecule has 0 radical (unpaired) electrons. The number of benzene rings is 11. The first-order chi connectivity index (χ1) is 34.8. The lowest BCUT2D eigenvalue weighted by atomic mass is 9.68. The molecule has 1 aliphatic carbocycles. The second-order valence-electron chi connectivity index (χ2n) is 18.4. The first-order valence-electron chi connectivity index (χ1n) is 24.2. The van der Waals surface area contributed by atoms with Crippen LogP contribution in [0.3, 0.4) is 0 Å². The van der Waals surface area contributed by atoms with Crippen LogP contribution in [0, 0.1) is 0 Å². The Hall–Kier alpha value is -9.18. The van der Waals surface area contributed by atoms with E-state index in [-0.39, 0.29) is 0 Å². The molecule has 70 heavy (non-hydrogen) atoms. The third-order valence-corrected chi connectivity index (χ3v) is 14.8. The number of aromatic nitrogens is 2. The molecular weight excluding hydrogens is 847 g/mol. The molecule has 3 heteroatoms. The van der Waals surface area contributed by atoms with Crippen LogP contribution < -0.4 is 4.90 Å². The van der Waals surface area contributed by atoms with Crippen LogP contribution >= 0.6 is 0 Å². The van der Waals surface area contributed by atoms with Crippen LogP contribution in [0.4, 0.5) is 17.1 Å². The van der Waals surface area contributed by atoms with Gasteiger partial charge in [-0.15, -0.1) is 0 Å². The van der Waals surface area contributed by atoms with E-state index in [1.807, 2.05) is 0 Å². The zero-order valence-corrected chi connectivity index (χ0v) is 38.3. The highest BCUT2D eigenvalue weighted by Crippen LogP contribution is 2.59. The predicted octanol–water partition coefficient (Wildman–Crippen LogP) is 17.4. The smallest absolute Gasteiger partial charge is 0.0714 e. The van der Waals surface area contributed by atoms with E-state index in [1.54, 1.807) is 0 Å². The molecule has 11 aromatic carbocycles.